The van der Waals surface area contributed by atoms with Gasteiger partial charge in [-0.15, -0.1) is 0 Å². The van der Waals surface area contributed by atoms with Gasteiger partial charge in [0, 0.05) is 45.7 Å². The molecule has 106 valence electrons. The van der Waals surface area contributed by atoms with E-state index in [1.165, 1.54) is 48.5 Å². The van der Waals surface area contributed by atoms with E-state index >= 15 is 0 Å². The third-order valence-corrected chi connectivity index (χ3v) is 4.60. The Hall–Kier alpha value is -1.39. The minimum atomic E-state index is 1.13. The lowest BCUT2D eigenvalue weighted by atomic mass is 10.1. The lowest BCUT2D eigenvalue weighted by molar-refractivity contribution is 0.244. The molecule has 0 atom stereocenters. The smallest absolute Gasteiger partial charge is 0.109 e. The average Bonchev–Trinajstić information content (AvgIpc) is 3.07. The summed E-state index contributed by atoms with van der Waals surface area (Å²) < 4.78 is 2.41. The number of imidazole rings is 1. The Morgan fingerprint density at radius 1 is 1.15 bits per heavy atom. The number of nitrogens with one attached hydrogen (secondary N) is 1. The predicted molar refractivity (Wildman–Crippen MR) is 81.1 cm³/mol. The van der Waals surface area contributed by atoms with Crippen LogP contribution >= 0.6 is 0 Å². The third kappa shape index (κ3) is 2.23. The van der Waals surface area contributed by atoms with Gasteiger partial charge in [0.2, 0.25) is 0 Å². The molecule has 1 fully saturated rings. The van der Waals surface area contributed by atoms with Gasteiger partial charge in [0.15, 0.2) is 0 Å². The van der Waals surface area contributed by atoms with Crippen molar-refractivity contribution in [2.45, 2.75) is 25.8 Å². The molecular formula is C16H22N4. The van der Waals surface area contributed by atoms with Crippen molar-refractivity contribution in [3.63, 3.8) is 0 Å². The zero-order valence-corrected chi connectivity index (χ0v) is 11.9. The Bertz CT molecular complexity index is 610. The summed E-state index contributed by atoms with van der Waals surface area (Å²) in [5.41, 5.74) is 3.96. The molecule has 3 heterocycles. The van der Waals surface area contributed by atoms with Crippen LogP contribution in [0.5, 0.6) is 0 Å². The fourth-order valence-electron chi connectivity index (χ4n) is 3.43. The number of fused-ring (bicyclic) bond motifs is 3. The summed E-state index contributed by atoms with van der Waals surface area (Å²) in [6, 6.07) is 6.82. The van der Waals surface area contributed by atoms with Crippen LogP contribution in [0, 0.1) is 0 Å². The maximum absolute atomic E-state index is 4.73. The van der Waals surface area contributed by atoms with Gasteiger partial charge >= 0.3 is 0 Å². The summed E-state index contributed by atoms with van der Waals surface area (Å²) in [7, 11) is 0. The zero-order valence-electron chi connectivity index (χ0n) is 11.9. The minimum Gasteiger partial charge on any atom is -0.328 e. The number of hydrogen-bond acceptors (Lipinski definition) is 3. The van der Waals surface area contributed by atoms with Gasteiger partial charge in [-0.25, -0.2) is 4.98 Å². The second-order valence-corrected chi connectivity index (χ2v) is 5.95. The molecule has 0 radical (unpaired) electrons. The molecule has 0 unspecified atom stereocenters. The van der Waals surface area contributed by atoms with Gasteiger partial charge in [-0.05, 0) is 30.5 Å². The van der Waals surface area contributed by atoms with Gasteiger partial charge in [-0.3, -0.25) is 0 Å². The van der Waals surface area contributed by atoms with Crippen LogP contribution in [0.3, 0.4) is 0 Å². The van der Waals surface area contributed by atoms with Crippen molar-refractivity contribution < 1.29 is 0 Å². The van der Waals surface area contributed by atoms with Gasteiger partial charge < -0.3 is 14.8 Å². The van der Waals surface area contributed by atoms with Gasteiger partial charge in [0.25, 0.3) is 0 Å². The van der Waals surface area contributed by atoms with E-state index in [-0.39, 0.29) is 0 Å². The highest BCUT2D eigenvalue weighted by Crippen LogP contribution is 2.23. The Morgan fingerprint density at radius 3 is 2.95 bits per heavy atom. The lowest BCUT2D eigenvalue weighted by Crippen LogP contribution is -2.44. The molecule has 4 nitrogen and oxygen atoms in total. The normalized spacial score (nSPS) is 19.6. The Kier molecular flexibility index (Phi) is 3.20. The van der Waals surface area contributed by atoms with E-state index in [2.05, 4.69) is 33.0 Å². The van der Waals surface area contributed by atoms with Crippen molar-refractivity contribution in [3.8, 4) is 0 Å². The van der Waals surface area contributed by atoms with Crippen LogP contribution in [0.2, 0.25) is 0 Å². The molecule has 1 saturated heterocycles. The van der Waals surface area contributed by atoms with Crippen LogP contribution in [0.25, 0.3) is 11.0 Å². The van der Waals surface area contributed by atoms with E-state index in [9.17, 15) is 0 Å². The quantitative estimate of drug-likeness (QED) is 0.916. The monoisotopic (exact) mass is 270 g/mol. The third-order valence-electron chi connectivity index (χ3n) is 4.60. The first-order valence-electron chi connectivity index (χ1n) is 7.81. The van der Waals surface area contributed by atoms with Crippen LogP contribution in [0.15, 0.2) is 18.2 Å². The molecular weight excluding hydrogens is 248 g/mol. The van der Waals surface area contributed by atoms with Crippen molar-refractivity contribution in [1.29, 1.82) is 0 Å². The summed E-state index contributed by atoms with van der Waals surface area (Å²) in [4.78, 5) is 7.29. The van der Waals surface area contributed by atoms with Crippen molar-refractivity contribution in [2.75, 3.05) is 32.7 Å². The van der Waals surface area contributed by atoms with E-state index in [4.69, 9.17) is 4.98 Å². The molecule has 20 heavy (non-hydrogen) atoms. The minimum absolute atomic E-state index is 1.13. The summed E-state index contributed by atoms with van der Waals surface area (Å²) in [6.07, 6.45) is 3.55. The van der Waals surface area contributed by atoms with E-state index in [0.29, 0.717) is 0 Å². The molecule has 2 aliphatic rings. The van der Waals surface area contributed by atoms with Crippen LogP contribution in [-0.4, -0.2) is 47.2 Å². The topological polar surface area (TPSA) is 33.1 Å². The highest BCUT2D eigenvalue weighted by molar-refractivity contribution is 5.77. The molecule has 0 amide bonds. The number of piperazine rings is 1. The highest BCUT2D eigenvalue weighted by Gasteiger charge is 2.16. The average molecular weight is 270 g/mol. The van der Waals surface area contributed by atoms with E-state index in [1.54, 1.807) is 0 Å². The Labute approximate surface area is 119 Å². The number of rotatable bonds is 3. The Morgan fingerprint density at radius 2 is 2.05 bits per heavy atom. The summed E-state index contributed by atoms with van der Waals surface area (Å²) >= 11 is 0. The molecule has 2 aromatic rings. The van der Waals surface area contributed by atoms with Crippen molar-refractivity contribution in [1.82, 2.24) is 19.8 Å². The van der Waals surface area contributed by atoms with Crippen LogP contribution in [0.4, 0.5) is 0 Å². The SMILES string of the molecule is c1cc2nc3n(c2cc1CCN1CCNCC1)CCC3. The Balaban J connectivity index is 1.51. The van der Waals surface area contributed by atoms with Crippen molar-refractivity contribution >= 4 is 11.0 Å². The van der Waals surface area contributed by atoms with E-state index in [1.807, 2.05) is 0 Å². The summed E-state index contributed by atoms with van der Waals surface area (Å²) in [5.74, 6) is 1.28. The number of aromatic nitrogens is 2. The van der Waals surface area contributed by atoms with Crippen LogP contribution in [0.1, 0.15) is 17.8 Å². The van der Waals surface area contributed by atoms with Gasteiger partial charge in [0.05, 0.1) is 11.0 Å². The molecule has 0 bridgehead atoms. The molecule has 4 heteroatoms. The molecule has 0 saturated carbocycles. The number of hydrogen-bond donors (Lipinski definition) is 1. The summed E-state index contributed by atoms with van der Waals surface area (Å²) in [6.45, 7) is 6.96. The molecule has 2 aliphatic heterocycles. The van der Waals surface area contributed by atoms with Crippen LogP contribution in [-0.2, 0) is 19.4 Å². The summed E-state index contributed by atoms with van der Waals surface area (Å²) in [5, 5.41) is 3.41. The number of benzene rings is 1. The largest absolute Gasteiger partial charge is 0.328 e. The second-order valence-electron chi connectivity index (χ2n) is 5.95. The van der Waals surface area contributed by atoms with Crippen molar-refractivity contribution in [3.05, 3.63) is 29.6 Å². The predicted octanol–water partition coefficient (Wildman–Crippen LogP) is 1.43. The first-order valence-corrected chi connectivity index (χ1v) is 7.81. The fraction of sp³-hybridized carbons (Fsp3) is 0.562. The lowest BCUT2D eigenvalue weighted by Gasteiger charge is -2.27. The first kappa shape index (κ1) is 12.4. The molecule has 0 spiro atoms. The fourth-order valence-corrected chi connectivity index (χ4v) is 3.43. The first-order chi connectivity index (χ1) is 9.90. The maximum atomic E-state index is 4.73. The van der Waals surface area contributed by atoms with E-state index < -0.39 is 0 Å². The van der Waals surface area contributed by atoms with Gasteiger partial charge in [0.1, 0.15) is 5.82 Å². The molecule has 1 N–H and O–H groups in total. The standard InChI is InChI=1S/C16H22N4/c1-2-16-18-14-4-3-13(12-15(14)20(16)8-1)5-9-19-10-6-17-7-11-19/h3-4,12,17H,1-2,5-11H2. The van der Waals surface area contributed by atoms with Gasteiger partial charge in [-0.2, -0.15) is 0 Å². The maximum Gasteiger partial charge on any atom is 0.109 e. The molecule has 4 rings (SSSR count). The number of nitrogens with zero attached hydrogens (tertiary/aromatic N) is 3. The molecule has 1 aromatic carbocycles. The zero-order chi connectivity index (χ0) is 13.4. The molecule has 0 aliphatic carbocycles. The van der Waals surface area contributed by atoms with Crippen LogP contribution < -0.4 is 5.32 Å². The van der Waals surface area contributed by atoms with E-state index in [0.717, 1.165) is 32.5 Å². The second kappa shape index (κ2) is 5.19. The molecule has 1 aromatic heterocycles. The number of aryl methyl sites for hydroxylation is 2. The van der Waals surface area contributed by atoms with Gasteiger partial charge in [-0.1, -0.05) is 6.07 Å². The van der Waals surface area contributed by atoms with Crippen molar-refractivity contribution in [2.24, 2.45) is 0 Å². The highest BCUT2D eigenvalue weighted by atomic mass is 15.2.